The molecule has 0 bridgehead atoms. The minimum absolute atomic E-state index is 0. The second kappa shape index (κ2) is 11.3. The molecule has 3 aliphatic heterocycles. The molecule has 1 fully saturated rings. The van der Waals surface area contributed by atoms with Gasteiger partial charge < -0.3 is 14.8 Å². The molecule has 1 atom stereocenters. The third-order valence-corrected chi connectivity index (χ3v) is 9.03. The normalized spacial score (nSPS) is 17.2. The SMILES string of the molecule is Cl.O=C(Nc1nccs1)C(c1ncn2c1CCC2)N1Cc2c(F)cc(-c3ccc(C4CCNCC4)cc3)cc2C1=O. The van der Waals surface area contributed by atoms with Gasteiger partial charge in [0.25, 0.3) is 11.8 Å². The number of hydrogen-bond donors (Lipinski definition) is 2. The van der Waals surface area contributed by atoms with Gasteiger partial charge in [0.2, 0.25) is 0 Å². The number of anilines is 1. The lowest BCUT2D eigenvalue weighted by molar-refractivity contribution is -0.121. The highest BCUT2D eigenvalue weighted by atomic mass is 35.5. The smallest absolute Gasteiger partial charge is 0.255 e. The summed E-state index contributed by atoms with van der Waals surface area (Å²) in [4.78, 5) is 37.7. The van der Waals surface area contributed by atoms with Crippen LogP contribution in [0.5, 0.6) is 0 Å². The first-order valence-electron chi connectivity index (χ1n) is 13.8. The molecular formula is C30H30ClFN6O2S. The predicted molar refractivity (Wildman–Crippen MR) is 158 cm³/mol. The van der Waals surface area contributed by atoms with Crippen LogP contribution in [0.2, 0.25) is 0 Å². The zero-order chi connectivity index (χ0) is 27.2. The van der Waals surface area contributed by atoms with Crippen LogP contribution < -0.4 is 10.6 Å². The van der Waals surface area contributed by atoms with Gasteiger partial charge in [0, 0.05) is 34.9 Å². The van der Waals surface area contributed by atoms with Gasteiger partial charge in [-0.2, -0.15) is 0 Å². The molecule has 2 aromatic carbocycles. The number of carbonyl (C=O) groups excluding carboxylic acids is 2. The molecule has 2 amide bonds. The summed E-state index contributed by atoms with van der Waals surface area (Å²) in [5.74, 6) is -0.696. The molecule has 0 aliphatic carbocycles. The Morgan fingerprint density at radius 1 is 1.12 bits per heavy atom. The van der Waals surface area contributed by atoms with Crippen molar-refractivity contribution in [2.75, 3.05) is 18.4 Å². The van der Waals surface area contributed by atoms with Gasteiger partial charge in [-0.25, -0.2) is 14.4 Å². The molecular weight excluding hydrogens is 563 g/mol. The number of imidazole rings is 1. The lowest BCUT2D eigenvalue weighted by Crippen LogP contribution is -2.38. The maximum atomic E-state index is 15.6. The summed E-state index contributed by atoms with van der Waals surface area (Å²) in [6.07, 6.45) is 7.27. The van der Waals surface area contributed by atoms with E-state index in [0.29, 0.717) is 33.4 Å². The molecule has 1 saturated heterocycles. The van der Waals surface area contributed by atoms with Crippen molar-refractivity contribution in [2.24, 2.45) is 0 Å². The number of nitrogens with zero attached hydrogens (tertiary/aromatic N) is 4. The summed E-state index contributed by atoms with van der Waals surface area (Å²) in [5.41, 5.74) is 4.88. The van der Waals surface area contributed by atoms with Crippen molar-refractivity contribution in [3.05, 3.63) is 88.2 Å². The fourth-order valence-electron chi connectivity index (χ4n) is 6.27. The highest BCUT2D eigenvalue weighted by Gasteiger charge is 2.42. The number of amides is 2. The molecule has 11 heteroatoms. The van der Waals surface area contributed by atoms with E-state index >= 15 is 4.39 Å². The van der Waals surface area contributed by atoms with Crippen molar-refractivity contribution >= 4 is 40.7 Å². The number of fused-ring (bicyclic) bond motifs is 2. The van der Waals surface area contributed by atoms with Crippen LogP contribution in [0.4, 0.5) is 9.52 Å². The standard InChI is InChI=1S/C30H29FN6O2S.ClH/c31-24-15-21(19-5-3-18(4-6-19)20-7-9-32-10-8-20)14-22-23(24)16-37(29(22)39)27(28(38)35-30-33-11-13-40-30)26-25-2-1-12-36(25)17-34-26;/h3-6,11,13-15,17,20,27,32H,1-2,7-10,12,16H2,(H,33,35,38);1H. The Labute approximate surface area is 247 Å². The van der Waals surface area contributed by atoms with Crippen molar-refractivity contribution in [3.63, 3.8) is 0 Å². The zero-order valence-corrected chi connectivity index (χ0v) is 23.9. The maximum Gasteiger partial charge on any atom is 0.255 e. The largest absolute Gasteiger partial charge is 0.334 e. The predicted octanol–water partition coefficient (Wildman–Crippen LogP) is 5.32. The molecule has 4 aromatic rings. The molecule has 0 radical (unpaired) electrons. The Kier molecular flexibility index (Phi) is 7.63. The van der Waals surface area contributed by atoms with E-state index in [9.17, 15) is 9.59 Å². The molecule has 1 unspecified atom stereocenters. The Morgan fingerprint density at radius 3 is 2.68 bits per heavy atom. The summed E-state index contributed by atoms with van der Waals surface area (Å²) < 4.78 is 17.6. The fourth-order valence-corrected chi connectivity index (χ4v) is 6.80. The first-order chi connectivity index (χ1) is 19.6. The third-order valence-electron chi connectivity index (χ3n) is 8.34. The van der Waals surface area contributed by atoms with Gasteiger partial charge in [0.1, 0.15) is 5.82 Å². The van der Waals surface area contributed by atoms with Gasteiger partial charge >= 0.3 is 0 Å². The Bertz CT molecular complexity index is 1580. The van der Waals surface area contributed by atoms with Crippen LogP contribution in [-0.2, 0) is 24.3 Å². The van der Waals surface area contributed by atoms with E-state index in [-0.39, 0.29) is 24.9 Å². The molecule has 7 rings (SSSR count). The lowest BCUT2D eigenvalue weighted by Gasteiger charge is -2.26. The average Bonchev–Trinajstić information content (AvgIpc) is 3.78. The molecule has 0 saturated carbocycles. The van der Waals surface area contributed by atoms with E-state index in [1.807, 2.05) is 16.7 Å². The topological polar surface area (TPSA) is 92.2 Å². The van der Waals surface area contributed by atoms with Gasteiger partial charge in [0.05, 0.1) is 18.6 Å². The maximum absolute atomic E-state index is 15.6. The van der Waals surface area contributed by atoms with E-state index in [2.05, 4.69) is 32.7 Å². The number of nitrogens with one attached hydrogen (secondary N) is 2. The molecule has 212 valence electrons. The Balaban J connectivity index is 0.00000302. The number of carbonyl (C=O) groups is 2. The van der Waals surface area contributed by atoms with Crippen LogP contribution in [0.1, 0.15) is 64.1 Å². The number of hydrogen-bond acceptors (Lipinski definition) is 6. The number of piperidine rings is 1. The van der Waals surface area contributed by atoms with Gasteiger partial charge in [-0.15, -0.1) is 23.7 Å². The van der Waals surface area contributed by atoms with Crippen LogP contribution in [0, 0.1) is 5.82 Å². The average molecular weight is 593 g/mol. The van der Waals surface area contributed by atoms with Crippen molar-refractivity contribution in [1.29, 1.82) is 0 Å². The lowest BCUT2D eigenvalue weighted by atomic mass is 9.89. The van der Waals surface area contributed by atoms with E-state index in [0.717, 1.165) is 56.6 Å². The van der Waals surface area contributed by atoms with Crippen molar-refractivity contribution in [2.45, 2.75) is 50.7 Å². The summed E-state index contributed by atoms with van der Waals surface area (Å²) >= 11 is 1.30. The number of benzene rings is 2. The highest BCUT2D eigenvalue weighted by Crippen LogP contribution is 2.38. The first-order valence-corrected chi connectivity index (χ1v) is 14.6. The molecule has 2 N–H and O–H groups in total. The molecule has 8 nitrogen and oxygen atoms in total. The van der Waals surface area contributed by atoms with Crippen LogP contribution in [-0.4, -0.2) is 44.3 Å². The van der Waals surface area contributed by atoms with Crippen LogP contribution in [0.25, 0.3) is 11.1 Å². The monoisotopic (exact) mass is 592 g/mol. The number of aryl methyl sites for hydroxylation is 1. The minimum atomic E-state index is -0.995. The fraction of sp³-hybridized carbons (Fsp3) is 0.333. The zero-order valence-electron chi connectivity index (χ0n) is 22.3. The molecule has 2 aromatic heterocycles. The van der Waals surface area contributed by atoms with Crippen molar-refractivity contribution < 1.29 is 14.0 Å². The van der Waals surface area contributed by atoms with Gasteiger partial charge in [-0.05, 0) is 73.5 Å². The van der Waals surface area contributed by atoms with Crippen molar-refractivity contribution in [1.82, 2.24) is 24.8 Å². The summed E-state index contributed by atoms with van der Waals surface area (Å²) in [7, 11) is 0. The molecule has 41 heavy (non-hydrogen) atoms. The Morgan fingerprint density at radius 2 is 1.93 bits per heavy atom. The number of halogens is 2. The van der Waals surface area contributed by atoms with Crippen LogP contribution >= 0.6 is 23.7 Å². The van der Waals surface area contributed by atoms with Gasteiger partial charge in [0.15, 0.2) is 11.2 Å². The van der Waals surface area contributed by atoms with E-state index in [4.69, 9.17) is 0 Å². The minimum Gasteiger partial charge on any atom is -0.334 e. The van der Waals surface area contributed by atoms with Crippen LogP contribution in [0.3, 0.4) is 0 Å². The second-order valence-corrected chi connectivity index (χ2v) is 11.6. The van der Waals surface area contributed by atoms with Crippen LogP contribution in [0.15, 0.2) is 54.3 Å². The van der Waals surface area contributed by atoms with E-state index in [1.165, 1.54) is 27.9 Å². The summed E-state index contributed by atoms with van der Waals surface area (Å²) in [6.45, 7) is 2.86. The van der Waals surface area contributed by atoms with Crippen molar-refractivity contribution in [3.8, 4) is 11.1 Å². The molecule has 3 aliphatic rings. The number of thiazole rings is 1. The van der Waals surface area contributed by atoms with Gasteiger partial charge in [-0.1, -0.05) is 24.3 Å². The quantitative estimate of drug-likeness (QED) is 0.316. The summed E-state index contributed by atoms with van der Waals surface area (Å²) in [6, 6.07) is 10.5. The molecule has 0 spiro atoms. The second-order valence-electron chi connectivity index (χ2n) is 10.7. The number of rotatable bonds is 6. The Hall–Kier alpha value is -3.60. The van der Waals surface area contributed by atoms with Gasteiger partial charge in [-0.3, -0.25) is 14.9 Å². The highest BCUT2D eigenvalue weighted by molar-refractivity contribution is 7.13. The van der Waals surface area contributed by atoms with E-state index in [1.54, 1.807) is 24.0 Å². The van der Waals surface area contributed by atoms with E-state index < -0.39 is 17.8 Å². The number of aromatic nitrogens is 3. The summed E-state index contributed by atoms with van der Waals surface area (Å²) in [5, 5.41) is 8.44. The molecule has 5 heterocycles. The first kappa shape index (κ1) is 27.6. The third kappa shape index (κ3) is 5.05.